The first-order valence-corrected chi connectivity index (χ1v) is 6.71. The Hall–Kier alpha value is -1.66. The van der Waals surface area contributed by atoms with Gasteiger partial charge in [0.2, 0.25) is 5.91 Å². The summed E-state index contributed by atoms with van der Waals surface area (Å²) < 4.78 is 5.06. The van der Waals surface area contributed by atoms with Crippen LogP contribution in [0.5, 0.6) is 0 Å². The lowest BCUT2D eigenvalue weighted by molar-refractivity contribution is -0.135. The molecule has 6 heteroatoms. The van der Waals surface area contributed by atoms with E-state index in [9.17, 15) is 9.59 Å². The molecule has 0 aliphatic heterocycles. The number of hydrogen-bond acceptors (Lipinski definition) is 4. The third-order valence-corrected chi connectivity index (χ3v) is 3.28. The van der Waals surface area contributed by atoms with Gasteiger partial charge in [0.1, 0.15) is 6.61 Å². The first-order chi connectivity index (χ1) is 9.02. The van der Waals surface area contributed by atoms with Crippen molar-refractivity contribution >= 4 is 29.3 Å². The molecule has 5 nitrogen and oxygen atoms in total. The van der Waals surface area contributed by atoms with Crippen LogP contribution in [0.25, 0.3) is 6.08 Å². The number of carbonyl (C=O) groups excluding carboxylic acids is 1. The monoisotopic (exact) mass is 283 g/mol. The Morgan fingerprint density at radius 1 is 1.53 bits per heavy atom. The first-order valence-electron chi connectivity index (χ1n) is 5.83. The van der Waals surface area contributed by atoms with Crippen LogP contribution in [0.15, 0.2) is 17.5 Å². The first kappa shape index (κ1) is 15.4. The number of amides is 1. The second-order valence-corrected chi connectivity index (χ2v) is 4.90. The molecule has 0 fully saturated rings. The third-order valence-electron chi connectivity index (χ3n) is 2.34. The predicted molar refractivity (Wildman–Crippen MR) is 74.0 cm³/mol. The number of carboxylic acids is 1. The minimum absolute atomic E-state index is 0.0714. The van der Waals surface area contributed by atoms with Crippen molar-refractivity contribution in [1.29, 1.82) is 0 Å². The summed E-state index contributed by atoms with van der Waals surface area (Å²) in [6, 6.07) is 1.87. The van der Waals surface area contributed by atoms with E-state index in [4.69, 9.17) is 9.84 Å². The Kier molecular flexibility index (Phi) is 6.24. The van der Waals surface area contributed by atoms with Gasteiger partial charge in [0.25, 0.3) is 0 Å². The molecular weight excluding hydrogens is 266 g/mol. The number of carbonyl (C=O) groups is 2. The van der Waals surface area contributed by atoms with Gasteiger partial charge in [-0.2, -0.15) is 0 Å². The molecule has 0 aliphatic carbocycles. The summed E-state index contributed by atoms with van der Waals surface area (Å²) in [5.74, 6) is -1.05. The molecule has 0 saturated heterocycles. The van der Waals surface area contributed by atoms with Crippen LogP contribution in [0, 0.1) is 0 Å². The number of hydrogen-bond donors (Lipinski definition) is 1. The highest BCUT2D eigenvalue weighted by atomic mass is 32.1. The zero-order valence-corrected chi connectivity index (χ0v) is 11.8. The Labute approximate surface area is 116 Å². The highest BCUT2D eigenvalue weighted by Gasteiger charge is 2.10. The summed E-state index contributed by atoms with van der Waals surface area (Å²) in [5, 5.41) is 10.4. The molecule has 0 aliphatic rings. The smallest absolute Gasteiger partial charge is 0.328 e. The molecule has 1 heterocycles. The zero-order chi connectivity index (χ0) is 14.3. The molecule has 1 N–H and O–H groups in total. The van der Waals surface area contributed by atoms with Gasteiger partial charge in [0, 0.05) is 24.6 Å². The van der Waals surface area contributed by atoms with Crippen molar-refractivity contribution in [3.8, 4) is 0 Å². The summed E-state index contributed by atoms with van der Waals surface area (Å²) >= 11 is 1.49. The number of thiophene rings is 1. The van der Waals surface area contributed by atoms with Crippen molar-refractivity contribution in [3.05, 3.63) is 28.0 Å². The Morgan fingerprint density at radius 2 is 2.26 bits per heavy atom. The van der Waals surface area contributed by atoms with Gasteiger partial charge in [-0.05, 0) is 30.0 Å². The largest absolute Gasteiger partial charge is 0.478 e. The van der Waals surface area contributed by atoms with Crippen LogP contribution in [-0.4, -0.2) is 42.1 Å². The lowest BCUT2D eigenvalue weighted by atomic mass is 10.3. The molecule has 0 bridgehead atoms. The minimum atomic E-state index is -0.975. The predicted octanol–water partition coefficient (Wildman–Crippen LogP) is 1.84. The second kappa shape index (κ2) is 7.70. The van der Waals surface area contributed by atoms with Crippen LogP contribution in [0.4, 0.5) is 0 Å². The van der Waals surface area contributed by atoms with E-state index in [1.54, 1.807) is 11.9 Å². The maximum absolute atomic E-state index is 11.6. The van der Waals surface area contributed by atoms with Gasteiger partial charge in [0.05, 0.1) is 6.54 Å². The summed E-state index contributed by atoms with van der Waals surface area (Å²) in [6.45, 7) is 2.94. The molecule has 1 amide bonds. The van der Waals surface area contributed by atoms with Crippen molar-refractivity contribution in [3.63, 3.8) is 0 Å². The minimum Gasteiger partial charge on any atom is -0.478 e. The Morgan fingerprint density at radius 3 is 2.89 bits per heavy atom. The standard InChI is InChI=1S/C13H17NO4S/c1-3-18-8-12(15)14(2)7-11-6-10(9-19-11)4-5-13(16)17/h4-6,9H,3,7-8H2,1-2H3,(H,16,17)/b5-4+. The molecule has 0 unspecified atom stereocenters. The fraction of sp³-hybridized carbons (Fsp3) is 0.385. The molecule has 0 saturated carbocycles. The van der Waals surface area contributed by atoms with Gasteiger partial charge < -0.3 is 14.7 Å². The summed E-state index contributed by atoms with van der Waals surface area (Å²) in [4.78, 5) is 24.6. The molecule has 0 spiro atoms. The van der Waals surface area contributed by atoms with Crippen LogP contribution in [0.2, 0.25) is 0 Å². The van der Waals surface area contributed by atoms with E-state index in [1.807, 2.05) is 18.4 Å². The van der Waals surface area contributed by atoms with Crippen molar-refractivity contribution in [2.24, 2.45) is 0 Å². The van der Waals surface area contributed by atoms with Gasteiger partial charge in [-0.25, -0.2) is 4.79 Å². The van der Waals surface area contributed by atoms with Crippen LogP contribution in [0.1, 0.15) is 17.4 Å². The van der Waals surface area contributed by atoms with E-state index in [-0.39, 0.29) is 12.5 Å². The second-order valence-electron chi connectivity index (χ2n) is 3.90. The number of ether oxygens (including phenoxy) is 1. The van der Waals surface area contributed by atoms with Crippen molar-refractivity contribution in [1.82, 2.24) is 4.90 Å². The maximum atomic E-state index is 11.6. The van der Waals surface area contributed by atoms with Crippen LogP contribution >= 0.6 is 11.3 Å². The van der Waals surface area contributed by atoms with Crippen LogP contribution < -0.4 is 0 Å². The average molecular weight is 283 g/mol. The third kappa shape index (κ3) is 5.67. The fourth-order valence-corrected chi connectivity index (χ4v) is 2.26. The molecule has 0 aromatic carbocycles. The number of rotatable bonds is 7. The Bertz CT molecular complexity index is 467. The van der Waals surface area contributed by atoms with E-state index < -0.39 is 5.97 Å². The molecule has 1 aromatic rings. The average Bonchev–Trinajstić information content (AvgIpc) is 2.81. The van der Waals surface area contributed by atoms with E-state index in [1.165, 1.54) is 17.4 Å². The number of nitrogens with zero attached hydrogens (tertiary/aromatic N) is 1. The van der Waals surface area contributed by atoms with Crippen LogP contribution in [0.3, 0.4) is 0 Å². The molecule has 0 radical (unpaired) electrons. The van der Waals surface area contributed by atoms with E-state index in [0.29, 0.717) is 13.2 Å². The molecular formula is C13H17NO4S. The lowest BCUT2D eigenvalue weighted by Crippen LogP contribution is -2.29. The topological polar surface area (TPSA) is 66.8 Å². The lowest BCUT2D eigenvalue weighted by Gasteiger charge is -2.15. The highest BCUT2D eigenvalue weighted by molar-refractivity contribution is 7.10. The Balaban J connectivity index is 2.53. The SMILES string of the molecule is CCOCC(=O)N(C)Cc1cc(/C=C/C(=O)O)cs1. The van der Waals surface area contributed by atoms with Crippen molar-refractivity contribution < 1.29 is 19.4 Å². The van der Waals surface area contributed by atoms with Gasteiger partial charge in [-0.1, -0.05) is 0 Å². The summed E-state index contributed by atoms with van der Waals surface area (Å²) in [5.41, 5.74) is 0.827. The van der Waals surface area contributed by atoms with E-state index in [0.717, 1.165) is 16.5 Å². The molecule has 19 heavy (non-hydrogen) atoms. The van der Waals surface area contributed by atoms with Crippen molar-refractivity contribution in [2.45, 2.75) is 13.5 Å². The van der Waals surface area contributed by atoms with Gasteiger partial charge in [-0.3, -0.25) is 4.79 Å². The van der Waals surface area contributed by atoms with Gasteiger partial charge >= 0.3 is 5.97 Å². The normalized spacial score (nSPS) is 10.8. The van der Waals surface area contributed by atoms with Crippen molar-refractivity contribution in [2.75, 3.05) is 20.3 Å². The summed E-state index contributed by atoms with van der Waals surface area (Å²) in [6.07, 6.45) is 2.63. The zero-order valence-electron chi connectivity index (χ0n) is 11.0. The number of likely N-dealkylation sites (N-methyl/N-ethyl adjacent to an activating group) is 1. The maximum Gasteiger partial charge on any atom is 0.328 e. The number of aliphatic carboxylic acids is 1. The fourth-order valence-electron chi connectivity index (χ4n) is 1.36. The highest BCUT2D eigenvalue weighted by Crippen LogP contribution is 2.17. The number of carboxylic acid groups (broad SMARTS) is 1. The summed E-state index contributed by atoms with van der Waals surface area (Å²) in [7, 11) is 1.72. The van der Waals surface area contributed by atoms with E-state index in [2.05, 4.69) is 0 Å². The van der Waals surface area contributed by atoms with Gasteiger partial charge in [-0.15, -0.1) is 11.3 Å². The quantitative estimate of drug-likeness (QED) is 0.775. The van der Waals surface area contributed by atoms with Gasteiger partial charge in [0.15, 0.2) is 0 Å². The molecule has 104 valence electrons. The van der Waals surface area contributed by atoms with E-state index >= 15 is 0 Å². The molecule has 0 atom stereocenters. The molecule has 1 rings (SSSR count). The van der Waals surface area contributed by atoms with Crippen LogP contribution in [-0.2, 0) is 20.9 Å². The molecule has 1 aromatic heterocycles.